The molecule has 5 rings (SSSR count). The molecule has 3 aromatic carbocycles. The number of benzene rings is 3. The topological polar surface area (TPSA) is 29.3 Å². The molecule has 0 amide bonds. The van der Waals surface area contributed by atoms with Crippen molar-refractivity contribution in [2.24, 2.45) is 4.99 Å². The van der Waals surface area contributed by atoms with Crippen molar-refractivity contribution in [3.05, 3.63) is 78.4 Å². The predicted octanol–water partition coefficient (Wildman–Crippen LogP) is 5.19. The summed E-state index contributed by atoms with van der Waals surface area (Å²) in [5.74, 6) is 0. The molecule has 1 unspecified atom stereocenters. The van der Waals surface area contributed by atoms with E-state index in [0.717, 1.165) is 11.4 Å². The first-order valence-electron chi connectivity index (χ1n) is 8.21. The molecular formula is C21H17N3. The molecule has 0 radical (unpaired) electrons. The number of hydrogen-bond acceptors (Lipinski definition) is 2. The summed E-state index contributed by atoms with van der Waals surface area (Å²) >= 11 is 0. The zero-order chi connectivity index (χ0) is 16.1. The highest BCUT2D eigenvalue weighted by atomic mass is 15.3. The summed E-state index contributed by atoms with van der Waals surface area (Å²) in [5.41, 5.74) is 5.78. The lowest BCUT2D eigenvalue weighted by Crippen LogP contribution is -2.23. The van der Waals surface area contributed by atoms with Gasteiger partial charge in [0, 0.05) is 27.7 Å². The fourth-order valence-corrected chi connectivity index (χ4v) is 3.69. The second-order valence-corrected chi connectivity index (χ2v) is 6.18. The fourth-order valence-electron chi connectivity index (χ4n) is 3.69. The summed E-state index contributed by atoms with van der Waals surface area (Å²) in [7, 11) is 0. The van der Waals surface area contributed by atoms with Crippen LogP contribution in [-0.4, -0.2) is 10.3 Å². The molecular weight excluding hydrogens is 294 g/mol. The van der Waals surface area contributed by atoms with Crippen LogP contribution in [0.25, 0.3) is 21.8 Å². The number of para-hydroxylation sites is 3. The maximum Gasteiger partial charge on any atom is 0.201 e. The van der Waals surface area contributed by atoms with Crippen LogP contribution in [0.5, 0.6) is 0 Å². The van der Waals surface area contributed by atoms with Gasteiger partial charge in [0.2, 0.25) is 6.29 Å². The Morgan fingerprint density at radius 2 is 1.38 bits per heavy atom. The van der Waals surface area contributed by atoms with Crippen LogP contribution in [0.3, 0.4) is 0 Å². The van der Waals surface area contributed by atoms with Crippen molar-refractivity contribution in [3.63, 3.8) is 0 Å². The van der Waals surface area contributed by atoms with Crippen molar-refractivity contribution in [1.29, 1.82) is 0 Å². The van der Waals surface area contributed by atoms with Gasteiger partial charge in [-0.3, -0.25) is 0 Å². The van der Waals surface area contributed by atoms with Crippen LogP contribution in [0.1, 0.15) is 18.8 Å². The second-order valence-electron chi connectivity index (χ2n) is 6.18. The van der Waals surface area contributed by atoms with Crippen molar-refractivity contribution in [2.75, 3.05) is 5.32 Å². The third kappa shape index (κ3) is 1.81. The van der Waals surface area contributed by atoms with Crippen LogP contribution in [0.2, 0.25) is 0 Å². The third-order valence-electron chi connectivity index (χ3n) is 4.78. The SMILES string of the molecule is CC1=NC(n2c3ccccc3c3ccccc32)Nc2ccccc21. The molecule has 1 N–H and O–H groups in total. The Kier molecular flexibility index (Phi) is 2.77. The van der Waals surface area contributed by atoms with Crippen molar-refractivity contribution in [2.45, 2.75) is 13.2 Å². The van der Waals surface area contributed by atoms with Gasteiger partial charge in [-0.25, -0.2) is 4.99 Å². The Morgan fingerprint density at radius 3 is 2.08 bits per heavy atom. The van der Waals surface area contributed by atoms with E-state index in [1.165, 1.54) is 27.4 Å². The molecule has 24 heavy (non-hydrogen) atoms. The first-order chi connectivity index (χ1) is 11.8. The molecule has 116 valence electrons. The zero-order valence-corrected chi connectivity index (χ0v) is 13.4. The van der Waals surface area contributed by atoms with Crippen molar-refractivity contribution < 1.29 is 0 Å². The first-order valence-corrected chi connectivity index (χ1v) is 8.21. The second kappa shape index (κ2) is 4.96. The van der Waals surface area contributed by atoms with E-state index in [1.807, 2.05) is 0 Å². The van der Waals surface area contributed by atoms with Crippen LogP contribution in [0, 0.1) is 0 Å². The molecule has 2 heterocycles. The number of fused-ring (bicyclic) bond motifs is 4. The van der Waals surface area contributed by atoms with Crippen molar-refractivity contribution in [3.8, 4) is 0 Å². The molecule has 1 atom stereocenters. The molecule has 1 aliphatic heterocycles. The van der Waals surface area contributed by atoms with Gasteiger partial charge in [0.15, 0.2) is 0 Å². The molecule has 3 nitrogen and oxygen atoms in total. The van der Waals surface area contributed by atoms with Gasteiger partial charge in [-0.05, 0) is 25.1 Å². The lowest BCUT2D eigenvalue weighted by atomic mass is 10.1. The van der Waals surface area contributed by atoms with Gasteiger partial charge < -0.3 is 9.88 Å². The normalized spacial score (nSPS) is 16.7. The molecule has 0 saturated heterocycles. The van der Waals surface area contributed by atoms with E-state index in [4.69, 9.17) is 4.99 Å². The van der Waals surface area contributed by atoms with E-state index in [2.05, 4.69) is 89.6 Å². The highest BCUT2D eigenvalue weighted by Gasteiger charge is 2.22. The third-order valence-corrected chi connectivity index (χ3v) is 4.78. The van der Waals surface area contributed by atoms with E-state index < -0.39 is 0 Å². The van der Waals surface area contributed by atoms with Crippen LogP contribution in [0.15, 0.2) is 77.8 Å². The van der Waals surface area contributed by atoms with E-state index in [9.17, 15) is 0 Å². The summed E-state index contributed by atoms with van der Waals surface area (Å²) in [6, 6.07) is 25.4. The molecule has 0 fully saturated rings. The number of hydrogen-bond donors (Lipinski definition) is 1. The molecule has 0 saturated carbocycles. The fraction of sp³-hybridized carbons (Fsp3) is 0.0952. The Bertz CT molecular complexity index is 1050. The van der Waals surface area contributed by atoms with E-state index in [0.29, 0.717) is 0 Å². The number of rotatable bonds is 1. The van der Waals surface area contributed by atoms with Crippen molar-refractivity contribution >= 4 is 33.2 Å². The monoisotopic (exact) mass is 311 g/mol. The van der Waals surface area contributed by atoms with Gasteiger partial charge in [0.05, 0.1) is 11.0 Å². The lowest BCUT2D eigenvalue weighted by Gasteiger charge is -2.26. The van der Waals surface area contributed by atoms with E-state index in [-0.39, 0.29) is 6.29 Å². The minimum atomic E-state index is -0.135. The summed E-state index contributed by atoms with van der Waals surface area (Å²) < 4.78 is 2.30. The average Bonchev–Trinajstić information content (AvgIpc) is 2.96. The quantitative estimate of drug-likeness (QED) is 0.515. The first kappa shape index (κ1) is 13.4. The number of aromatic nitrogens is 1. The Hall–Kier alpha value is -3.07. The highest BCUT2D eigenvalue weighted by Crippen LogP contribution is 2.35. The van der Waals surface area contributed by atoms with Crippen LogP contribution < -0.4 is 5.32 Å². The standard InChI is InChI=1S/C21H17N3/c1-14-15-8-2-5-11-18(15)23-21(22-14)24-19-12-6-3-9-16(19)17-10-4-7-13-20(17)24/h2-13,21,23H,1H3. The summed E-state index contributed by atoms with van der Waals surface area (Å²) in [5, 5.41) is 6.12. The Labute approximate surface area is 140 Å². The van der Waals surface area contributed by atoms with E-state index in [1.54, 1.807) is 0 Å². The van der Waals surface area contributed by atoms with Crippen LogP contribution >= 0.6 is 0 Å². The Morgan fingerprint density at radius 1 is 0.792 bits per heavy atom. The van der Waals surface area contributed by atoms with Crippen LogP contribution in [0.4, 0.5) is 5.69 Å². The summed E-state index contributed by atoms with van der Waals surface area (Å²) in [4.78, 5) is 4.93. The average molecular weight is 311 g/mol. The number of nitrogens with zero attached hydrogens (tertiary/aromatic N) is 2. The smallest absolute Gasteiger partial charge is 0.201 e. The van der Waals surface area contributed by atoms with Gasteiger partial charge in [-0.2, -0.15) is 0 Å². The molecule has 0 bridgehead atoms. The Balaban J connectivity index is 1.80. The van der Waals surface area contributed by atoms with Gasteiger partial charge in [-0.1, -0.05) is 54.6 Å². The number of aliphatic imine (C=N–C) groups is 1. The minimum absolute atomic E-state index is 0.135. The molecule has 1 aromatic heterocycles. The highest BCUT2D eigenvalue weighted by molar-refractivity contribution is 6.09. The summed E-state index contributed by atoms with van der Waals surface area (Å²) in [6.45, 7) is 2.08. The predicted molar refractivity (Wildman–Crippen MR) is 101 cm³/mol. The maximum atomic E-state index is 4.93. The minimum Gasteiger partial charge on any atom is -0.346 e. The van der Waals surface area contributed by atoms with Gasteiger partial charge in [0.1, 0.15) is 0 Å². The van der Waals surface area contributed by atoms with Crippen LogP contribution in [-0.2, 0) is 0 Å². The molecule has 4 aromatic rings. The molecule has 1 aliphatic rings. The molecule has 3 heteroatoms. The van der Waals surface area contributed by atoms with Crippen molar-refractivity contribution in [1.82, 2.24) is 4.57 Å². The zero-order valence-electron chi connectivity index (χ0n) is 13.4. The van der Waals surface area contributed by atoms with Gasteiger partial charge in [0.25, 0.3) is 0 Å². The number of anilines is 1. The maximum absolute atomic E-state index is 4.93. The lowest BCUT2D eigenvalue weighted by molar-refractivity contribution is 0.624. The summed E-state index contributed by atoms with van der Waals surface area (Å²) in [6.07, 6.45) is -0.135. The van der Waals surface area contributed by atoms with Gasteiger partial charge in [-0.15, -0.1) is 0 Å². The molecule has 0 aliphatic carbocycles. The molecule has 0 spiro atoms. The largest absolute Gasteiger partial charge is 0.346 e. The van der Waals surface area contributed by atoms with E-state index >= 15 is 0 Å². The number of nitrogens with one attached hydrogen (secondary N) is 1. The van der Waals surface area contributed by atoms with Gasteiger partial charge >= 0.3 is 0 Å².